The summed E-state index contributed by atoms with van der Waals surface area (Å²) in [5.74, 6) is 1.55. The van der Waals surface area contributed by atoms with Crippen molar-refractivity contribution in [1.29, 1.82) is 0 Å². The monoisotopic (exact) mass is 403 g/mol. The standard InChI is InChI=1S/C23H34NO3P/c1-7-23(8-2,28-22-17(3)11-9-12-18(22)15-24-4)19-13-10-14-20(26-6)21(19)27-16-25-5/h9-14,24,28H,7-8,15-16H2,1-6H3. The van der Waals surface area contributed by atoms with Gasteiger partial charge in [0.15, 0.2) is 18.3 Å². The van der Waals surface area contributed by atoms with Gasteiger partial charge in [-0.3, -0.25) is 0 Å². The Bertz CT molecular complexity index is 760. The van der Waals surface area contributed by atoms with E-state index in [1.807, 2.05) is 13.1 Å². The third-order valence-corrected chi connectivity index (χ3v) is 7.75. The molecule has 5 heteroatoms. The van der Waals surface area contributed by atoms with Gasteiger partial charge in [0, 0.05) is 24.4 Å². The summed E-state index contributed by atoms with van der Waals surface area (Å²) in [5.41, 5.74) is 3.92. The Morgan fingerprint density at radius 1 is 1.04 bits per heavy atom. The molecule has 0 aliphatic heterocycles. The highest BCUT2D eigenvalue weighted by Crippen LogP contribution is 2.52. The molecule has 154 valence electrons. The molecule has 0 fully saturated rings. The third kappa shape index (κ3) is 4.86. The average molecular weight is 404 g/mol. The highest BCUT2D eigenvalue weighted by molar-refractivity contribution is 7.48. The molecule has 2 aromatic carbocycles. The highest BCUT2D eigenvalue weighted by atomic mass is 31.1. The molecular weight excluding hydrogens is 369 g/mol. The van der Waals surface area contributed by atoms with Crippen molar-refractivity contribution in [2.45, 2.75) is 45.3 Å². The molecule has 0 saturated carbocycles. The number of nitrogens with one attached hydrogen (secondary N) is 1. The number of methoxy groups -OCH3 is 2. The Hall–Kier alpha value is -1.61. The van der Waals surface area contributed by atoms with E-state index < -0.39 is 0 Å². The molecule has 0 radical (unpaired) electrons. The minimum absolute atomic E-state index is 0.0216. The van der Waals surface area contributed by atoms with Gasteiger partial charge in [-0.05, 0) is 49.3 Å². The molecule has 1 unspecified atom stereocenters. The molecule has 1 atom stereocenters. The van der Waals surface area contributed by atoms with Gasteiger partial charge >= 0.3 is 0 Å². The normalized spacial score (nSPS) is 11.9. The second-order valence-electron chi connectivity index (χ2n) is 6.94. The van der Waals surface area contributed by atoms with Crippen molar-refractivity contribution in [2.75, 3.05) is 28.1 Å². The first-order valence-electron chi connectivity index (χ1n) is 9.87. The van der Waals surface area contributed by atoms with Crippen molar-refractivity contribution in [2.24, 2.45) is 0 Å². The van der Waals surface area contributed by atoms with Gasteiger partial charge in [0.05, 0.1) is 7.11 Å². The smallest absolute Gasteiger partial charge is 0.188 e. The van der Waals surface area contributed by atoms with E-state index in [2.05, 4.69) is 56.4 Å². The van der Waals surface area contributed by atoms with Crippen LogP contribution in [0.3, 0.4) is 0 Å². The topological polar surface area (TPSA) is 39.7 Å². The van der Waals surface area contributed by atoms with Crippen LogP contribution in [-0.2, 0) is 16.4 Å². The lowest BCUT2D eigenvalue weighted by atomic mass is 9.91. The van der Waals surface area contributed by atoms with Crippen molar-refractivity contribution in [1.82, 2.24) is 5.32 Å². The zero-order chi connectivity index (χ0) is 20.6. The Morgan fingerprint density at radius 2 is 1.75 bits per heavy atom. The highest BCUT2D eigenvalue weighted by Gasteiger charge is 2.34. The van der Waals surface area contributed by atoms with E-state index in [4.69, 9.17) is 14.2 Å². The number of para-hydroxylation sites is 1. The number of rotatable bonds is 11. The molecule has 2 aromatic rings. The molecule has 4 nitrogen and oxygen atoms in total. The van der Waals surface area contributed by atoms with E-state index >= 15 is 0 Å². The molecule has 0 spiro atoms. The minimum atomic E-state index is -0.0216. The van der Waals surface area contributed by atoms with Gasteiger partial charge in [-0.25, -0.2) is 0 Å². The quantitative estimate of drug-likeness (QED) is 0.435. The molecule has 0 aliphatic carbocycles. The number of hydrogen-bond acceptors (Lipinski definition) is 4. The summed E-state index contributed by atoms with van der Waals surface area (Å²) in [7, 11) is 5.96. The molecule has 0 bridgehead atoms. The van der Waals surface area contributed by atoms with E-state index in [0.29, 0.717) is 8.58 Å². The van der Waals surface area contributed by atoms with Crippen LogP contribution in [0.2, 0.25) is 0 Å². The number of hydrogen-bond donors (Lipinski definition) is 1. The van der Waals surface area contributed by atoms with Gasteiger partial charge in [-0.2, -0.15) is 0 Å². The van der Waals surface area contributed by atoms with Crippen LogP contribution in [0.1, 0.15) is 43.4 Å². The summed E-state index contributed by atoms with van der Waals surface area (Å²) in [6, 6.07) is 12.8. The first-order valence-corrected chi connectivity index (χ1v) is 10.9. The first-order chi connectivity index (χ1) is 13.6. The first kappa shape index (κ1) is 22.7. The Balaban J connectivity index is 2.59. The Labute approximate surface area is 171 Å². The van der Waals surface area contributed by atoms with Gasteiger partial charge in [0.1, 0.15) is 0 Å². The molecule has 0 saturated heterocycles. The van der Waals surface area contributed by atoms with Crippen molar-refractivity contribution in [3.63, 3.8) is 0 Å². The molecule has 0 heterocycles. The van der Waals surface area contributed by atoms with Gasteiger partial charge < -0.3 is 19.5 Å². The van der Waals surface area contributed by atoms with Crippen molar-refractivity contribution in [3.05, 3.63) is 53.1 Å². The van der Waals surface area contributed by atoms with Crippen LogP contribution in [0.25, 0.3) is 0 Å². The van der Waals surface area contributed by atoms with Crippen molar-refractivity contribution >= 4 is 13.9 Å². The van der Waals surface area contributed by atoms with Gasteiger partial charge in [-0.15, -0.1) is 0 Å². The Morgan fingerprint density at radius 3 is 2.36 bits per heavy atom. The van der Waals surface area contributed by atoms with Crippen LogP contribution >= 0.6 is 8.58 Å². The zero-order valence-corrected chi connectivity index (χ0v) is 19.0. The molecule has 0 aliphatic rings. The predicted octanol–water partition coefficient (Wildman–Crippen LogP) is 4.73. The van der Waals surface area contributed by atoms with Crippen LogP contribution in [-0.4, -0.2) is 28.1 Å². The lowest BCUT2D eigenvalue weighted by molar-refractivity contribution is 0.0479. The minimum Gasteiger partial charge on any atom is -0.493 e. The maximum absolute atomic E-state index is 6.01. The van der Waals surface area contributed by atoms with Crippen LogP contribution in [0, 0.1) is 6.92 Å². The molecule has 28 heavy (non-hydrogen) atoms. The zero-order valence-electron chi connectivity index (χ0n) is 18.0. The van der Waals surface area contributed by atoms with E-state index in [1.165, 1.54) is 22.0 Å². The summed E-state index contributed by atoms with van der Waals surface area (Å²) in [6.45, 7) is 7.83. The summed E-state index contributed by atoms with van der Waals surface area (Å²) in [4.78, 5) is 0. The van der Waals surface area contributed by atoms with Crippen LogP contribution in [0.15, 0.2) is 36.4 Å². The van der Waals surface area contributed by atoms with E-state index in [-0.39, 0.29) is 11.9 Å². The van der Waals surface area contributed by atoms with Crippen molar-refractivity contribution < 1.29 is 14.2 Å². The van der Waals surface area contributed by atoms with E-state index in [1.54, 1.807) is 14.2 Å². The average Bonchev–Trinajstić information content (AvgIpc) is 2.72. The molecule has 1 N–H and O–H groups in total. The second-order valence-corrected chi connectivity index (χ2v) is 8.65. The lowest BCUT2D eigenvalue weighted by Crippen LogP contribution is -2.26. The van der Waals surface area contributed by atoms with Gasteiger partial charge in [0.25, 0.3) is 0 Å². The second kappa shape index (κ2) is 10.8. The molecular formula is C23H34NO3P. The number of benzene rings is 2. The number of aryl methyl sites for hydroxylation is 1. The van der Waals surface area contributed by atoms with E-state index in [9.17, 15) is 0 Å². The largest absolute Gasteiger partial charge is 0.493 e. The van der Waals surface area contributed by atoms with Gasteiger partial charge in [-0.1, -0.05) is 52.8 Å². The number of ether oxygens (including phenoxy) is 3. The fraction of sp³-hybridized carbons (Fsp3) is 0.478. The maximum Gasteiger partial charge on any atom is 0.188 e. The fourth-order valence-corrected chi connectivity index (χ4v) is 5.46. The molecule has 0 amide bonds. The molecule has 2 rings (SSSR count). The fourth-order valence-electron chi connectivity index (χ4n) is 3.68. The summed E-state index contributed by atoms with van der Waals surface area (Å²) in [5, 5.41) is 4.74. The summed E-state index contributed by atoms with van der Waals surface area (Å²) < 4.78 is 16.8. The molecule has 0 aromatic heterocycles. The lowest BCUT2D eigenvalue weighted by Gasteiger charge is -2.35. The SMILES string of the molecule is CCC(CC)(Pc1c(C)cccc1CNC)c1cccc(OC)c1OCOC. The van der Waals surface area contributed by atoms with Crippen LogP contribution in [0.5, 0.6) is 11.5 Å². The van der Waals surface area contributed by atoms with Crippen molar-refractivity contribution in [3.8, 4) is 11.5 Å². The third-order valence-electron chi connectivity index (χ3n) is 5.33. The maximum atomic E-state index is 6.01. The van der Waals surface area contributed by atoms with Gasteiger partial charge in [0.2, 0.25) is 0 Å². The summed E-state index contributed by atoms with van der Waals surface area (Å²) in [6.07, 6.45) is 2.04. The van der Waals surface area contributed by atoms with Crippen LogP contribution < -0.4 is 20.1 Å². The van der Waals surface area contributed by atoms with E-state index in [0.717, 1.165) is 30.9 Å². The van der Waals surface area contributed by atoms with Crippen LogP contribution in [0.4, 0.5) is 0 Å². The predicted molar refractivity (Wildman–Crippen MR) is 120 cm³/mol. The Kier molecular flexibility index (Phi) is 8.75. The summed E-state index contributed by atoms with van der Waals surface area (Å²) >= 11 is 0.